The van der Waals surface area contributed by atoms with Crippen molar-refractivity contribution in [3.63, 3.8) is 0 Å². The van der Waals surface area contributed by atoms with Crippen LogP contribution < -0.4 is 5.56 Å². The highest BCUT2D eigenvalue weighted by molar-refractivity contribution is 7.10. The van der Waals surface area contributed by atoms with Gasteiger partial charge in [0.1, 0.15) is 0 Å². The molecule has 1 aliphatic rings. The van der Waals surface area contributed by atoms with Gasteiger partial charge in [-0.15, -0.1) is 11.3 Å². The second-order valence-corrected chi connectivity index (χ2v) is 8.06. The number of ketones is 1. The molecule has 0 aliphatic heterocycles. The Hall–Kier alpha value is -2.70. The number of nitrogens with one attached hydrogen (secondary N) is 1. The van der Waals surface area contributed by atoms with Crippen molar-refractivity contribution in [1.29, 1.82) is 0 Å². The molecular formula is C20H14ClN3O2S. The Morgan fingerprint density at radius 1 is 1.15 bits per heavy atom. The Balaban J connectivity index is 1.70. The summed E-state index contributed by atoms with van der Waals surface area (Å²) in [5, 5.41) is 6.17. The zero-order chi connectivity index (χ0) is 18.5. The Kier molecular flexibility index (Phi) is 3.77. The fraction of sp³-hybridized carbons (Fsp3) is 0.150. The minimum atomic E-state index is -0.198. The van der Waals surface area contributed by atoms with E-state index in [1.165, 1.54) is 9.56 Å². The van der Waals surface area contributed by atoms with Gasteiger partial charge >= 0.3 is 0 Å². The first-order valence-electron chi connectivity index (χ1n) is 8.57. The van der Waals surface area contributed by atoms with Crippen LogP contribution in [0.1, 0.15) is 33.1 Å². The Morgan fingerprint density at radius 3 is 2.70 bits per heavy atom. The normalized spacial score (nSPS) is 16.6. The Labute approximate surface area is 163 Å². The summed E-state index contributed by atoms with van der Waals surface area (Å²) in [5.41, 5.74) is 2.33. The van der Waals surface area contributed by atoms with Crippen LogP contribution in [0.4, 0.5) is 0 Å². The summed E-state index contributed by atoms with van der Waals surface area (Å²) in [6.07, 6.45) is 2.71. The van der Waals surface area contributed by atoms with Gasteiger partial charge in [0.2, 0.25) is 0 Å². The van der Waals surface area contributed by atoms with E-state index in [0.29, 0.717) is 40.1 Å². The zero-order valence-electron chi connectivity index (χ0n) is 14.1. The summed E-state index contributed by atoms with van der Waals surface area (Å²) >= 11 is 7.59. The number of nitrogens with zero attached hydrogens (tertiary/aromatic N) is 2. The molecule has 1 atom stereocenters. The highest BCUT2D eigenvalue weighted by Crippen LogP contribution is 2.36. The Morgan fingerprint density at radius 2 is 1.96 bits per heavy atom. The molecule has 5 rings (SSSR count). The van der Waals surface area contributed by atoms with E-state index in [2.05, 4.69) is 16.1 Å². The van der Waals surface area contributed by atoms with Gasteiger partial charge in [-0.1, -0.05) is 17.7 Å². The molecule has 0 saturated heterocycles. The van der Waals surface area contributed by atoms with Gasteiger partial charge in [0.05, 0.1) is 11.1 Å². The van der Waals surface area contributed by atoms with Crippen molar-refractivity contribution in [2.24, 2.45) is 0 Å². The minimum absolute atomic E-state index is 0.0442. The van der Waals surface area contributed by atoms with E-state index in [0.717, 1.165) is 5.56 Å². The molecule has 0 radical (unpaired) electrons. The molecular weight excluding hydrogens is 382 g/mol. The van der Waals surface area contributed by atoms with Crippen LogP contribution in [0, 0.1) is 0 Å². The number of aromatic amines is 1. The van der Waals surface area contributed by atoms with Gasteiger partial charge in [0, 0.05) is 34.0 Å². The van der Waals surface area contributed by atoms with E-state index in [4.69, 9.17) is 11.6 Å². The quantitative estimate of drug-likeness (QED) is 0.549. The molecule has 3 heterocycles. The van der Waals surface area contributed by atoms with Crippen LogP contribution >= 0.6 is 22.9 Å². The number of aromatic nitrogens is 3. The predicted molar refractivity (Wildman–Crippen MR) is 106 cm³/mol. The maximum atomic E-state index is 13.1. The molecule has 4 aromatic rings. The molecule has 0 bridgehead atoms. The Bertz CT molecular complexity index is 1220. The van der Waals surface area contributed by atoms with Gasteiger partial charge in [-0.2, -0.15) is 0 Å². The number of H-pyrrole nitrogens is 1. The first-order chi connectivity index (χ1) is 13.1. The predicted octanol–water partition coefficient (Wildman–Crippen LogP) is 4.34. The van der Waals surface area contributed by atoms with E-state index in [1.807, 2.05) is 11.4 Å². The SMILES string of the molecule is O=C1C[C@H](c2cccs2)Cc2c1cnc1[nH]n(-c3ccc(Cl)cc3)c(=O)c21. The summed E-state index contributed by atoms with van der Waals surface area (Å²) in [6, 6.07) is 11.0. The third-order valence-corrected chi connectivity index (χ3v) is 6.32. The first-order valence-corrected chi connectivity index (χ1v) is 9.82. The molecule has 0 fully saturated rings. The second-order valence-electron chi connectivity index (χ2n) is 6.65. The number of carbonyl (C=O) groups excluding carboxylic acids is 1. The summed E-state index contributed by atoms with van der Waals surface area (Å²) in [4.78, 5) is 31.3. The van der Waals surface area contributed by atoms with E-state index in [-0.39, 0.29) is 17.3 Å². The van der Waals surface area contributed by atoms with Crippen molar-refractivity contribution >= 4 is 39.8 Å². The van der Waals surface area contributed by atoms with Crippen molar-refractivity contribution < 1.29 is 4.79 Å². The number of hydrogen-bond acceptors (Lipinski definition) is 4. The third-order valence-electron chi connectivity index (χ3n) is 5.03. The lowest BCUT2D eigenvalue weighted by Gasteiger charge is -2.22. The number of carbonyl (C=O) groups is 1. The van der Waals surface area contributed by atoms with Crippen molar-refractivity contribution in [2.45, 2.75) is 18.8 Å². The fourth-order valence-corrected chi connectivity index (χ4v) is 4.69. The average Bonchev–Trinajstić information content (AvgIpc) is 3.31. The van der Waals surface area contributed by atoms with Crippen molar-refractivity contribution in [1.82, 2.24) is 14.8 Å². The lowest BCUT2D eigenvalue weighted by Crippen LogP contribution is -2.21. The lowest BCUT2D eigenvalue weighted by molar-refractivity contribution is 0.0965. The summed E-state index contributed by atoms with van der Waals surface area (Å²) in [5.74, 6) is 0.150. The average molecular weight is 396 g/mol. The highest BCUT2D eigenvalue weighted by Gasteiger charge is 2.30. The van der Waals surface area contributed by atoms with Gasteiger partial charge < -0.3 is 0 Å². The van der Waals surface area contributed by atoms with E-state index in [9.17, 15) is 9.59 Å². The van der Waals surface area contributed by atoms with Crippen LogP contribution in [0.15, 0.2) is 52.8 Å². The number of Topliss-reactive ketones (excluding diaryl/α,β-unsaturated/α-hetero) is 1. The monoisotopic (exact) mass is 395 g/mol. The molecule has 7 heteroatoms. The number of benzene rings is 1. The molecule has 0 amide bonds. The summed E-state index contributed by atoms with van der Waals surface area (Å²) < 4.78 is 1.45. The summed E-state index contributed by atoms with van der Waals surface area (Å²) in [6.45, 7) is 0. The van der Waals surface area contributed by atoms with Crippen molar-refractivity contribution in [3.05, 3.63) is 79.4 Å². The molecule has 1 aliphatic carbocycles. The highest BCUT2D eigenvalue weighted by atomic mass is 35.5. The zero-order valence-corrected chi connectivity index (χ0v) is 15.7. The van der Waals surface area contributed by atoms with Crippen molar-refractivity contribution in [2.75, 3.05) is 0 Å². The van der Waals surface area contributed by atoms with Crippen LogP contribution in [0.5, 0.6) is 0 Å². The molecule has 5 nitrogen and oxygen atoms in total. The smallest absolute Gasteiger partial charge is 0.281 e. The second kappa shape index (κ2) is 6.18. The maximum Gasteiger partial charge on any atom is 0.281 e. The first kappa shape index (κ1) is 16.5. The number of halogens is 1. The van der Waals surface area contributed by atoms with Crippen LogP contribution in [0.3, 0.4) is 0 Å². The number of rotatable bonds is 2. The van der Waals surface area contributed by atoms with E-state index in [1.54, 1.807) is 41.8 Å². The largest absolute Gasteiger partial charge is 0.294 e. The van der Waals surface area contributed by atoms with Crippen LogP contribution in [0.25, 0.3) is 16.7 Å². The molecule has 0 saturated carbocycles. The van der Waals surface area contributed by atoms with Crippen LogP contribution in [-0.2, 0) is 6.42 Å². The molecule has 0 unspecified atom stereocenters. The molecule has 1 N–H and O–H groups in total. The van der Waals surface area contributed by atoms with E-state index < -0.39 is 0 Å². The number of fused-ring (bicyclic) bond motifs is 3. The number of pyridine rings is 1. The maximum absolute atomic E-state index is 13.1. The minimum Gasteiger partial charge on any atom is -0.294 e. The van der Waals surface area contributed by atoms with Gasteiger partial charge in [-0.05, 0) is 47.7 Å². The van der Waals surface area contributed by atoms with Gasteiger partial charge in [-0.3, -0.25) is 14.7 Å². The topological polar surface area (TPSA) is 67.8 Å². The van der Waals surface area contributed by atoms with Gasteiger partial charge in [-0.25, -0.2) is 9.67 Å². The number of thiophene rings is 1. The lowest BCUT2D eigenvalue weighted by atomic mass is 9.82. The van der Waals surface area contributed by atoms with Crippen LogP contribution in [-0.4, -0.2) is 20.5 Å². The van der Waals surface area contributed by atoms with Gasteiger partial charge in [0.15, 0.2) is 11.4 Å². The molecule has 3 aromatic heterocycles. The van der Waals surface area contributed by atoms with Crippen LogP contribution in [0.2, 0.25) is 5.02 Å². The molecule has 27 heavy (non-hydrogen) atoms. The standard InChI is InChI=1S/C20H14ClN3O2S/c21-12-3-5-13(6-4-12)24-20(26)18-14-8-11(17-2-1-7-27-17)9-16(25)15(14)10-22-19(18)23-24/h1-7,10-11H,8-9H2,(H,22,23)/t11-/m1/s1. The fourth-order valence-electron chi connectivity index (χ4n) is 3.73. The van der Waals surface area contributed by atoms with Gasteiger partial charge in [0.25, 0.3) is 5.56 Å². The molecule has 0 spiro atoms. The summed E-state index contributed by atoms with van der Waals surface area (Å²) in [7, 11) is 0. The van der Waals surface area contributed by atoms with E-state index >= 15 is 0 Å². The third kappa shape index (κ3) is 2.64. The number of hydrogen-bond donors (Lipinski definition) is 1. The molecule has 134 valence electrons. The van der Waals surface area contributed by atoms with Crippen molar-refractivity contribution in [3.8, 4) is 5.69 Å². The molecule has 1 aromatic carbocycles.